The summed E-state index contributed by atoms with van der Waals surface area (Å²) in [6.45, 7) is 2.81. The molecule has 2 rings (SSSR count). The number of benzene rings is 1. The first-order valence-electron chi connectivity index (χ1n) is 8.33. The van der Waals surface area contributed by atoms with Crippen molar-refractivity contribution in [1.29, 1.82) is 0 Å². The number of hydrogen-bond donors (Lipinski definition) is 2. The minimum absolute atomic E-state index is 0.0664. The van der Waals surface area contributed by atoms with Gasteiger partial charge in [-0.15, -0.1) is 0 Å². The second kappa shape index (κ2) is 8.44. The van der Waals surface area contributed by atoms with E-state index in [2.05, 4.69) is 10.0 Å². The van der Waals surface area contributed by atoms with Crippen LogP contribution in [0.4, 0.5) is 0 Å². The number of esters is 1. The highest BCUT2D eigenvalue weighted by atomic mass is 32.2. The largest absolute Gasteiger partial charge is 0.454 e. The lowest BCUT2D eigenvalue weighted by molar-refractivity contribution is -0.149. The second-order valence-corrected chi connectivity index (χ2v) is 8.03. The molecule has 1 aromatic rings. The minimum atomic E-state index is -3.83. The number of amides is 1. The Bertz CT molecular complexity index is 709. The predicted molar refractivity (Wildman–Crippen MR) is 92.3 cm³/mol. The highest BCUT2D eigenvalue weighted by molar-refractivity contribution is 7.89. The molecule has 1 atom stereocenters. The van der Waals surface area contributed by atoms with Crippen LogP contribution >= 0.6 is 0 Å². The van der Waals surface area contributed by atoms with Crippen LogP contribution in [0, 0.1) is 6.92 Å². The third kappa shape index (κ3) is 5.82. The fourth-order valence-corrected chi connectivity index (χ4v) is 3.86. The van der Waals surface area contributed by atoms with Gasteiger partial charge in [-0.3, -0.25) is 9.59 Å². The van der Waals surface area contributed by atoms with E-state index in [1.54, 1.807) is 12.1 Å². The van der Waals surface area contributed by atoms with Gasteiger partial charge in [0.1, 0.15) is 6.04 Å². The Labute approximate surface area is 148 Å². The van der Waals surface area contributed by atoms with Gasteiger partial charge < -0.3 is 10.1 Å². The lowest BCUT2D eigenvalue weighted by Crippen LogP contribution is -2.41. The van der Waals surface area contributed by atoms with Crippen LogP contribution in [0.2, 0.25) is 0 Å². The fraction of sp³-hybridized carbons (Fsp3) is 0.529. The van der Waals surface area contributed by atoms with Gasteiger partial charge in [0.15, 0.2) is 6.61 Å². The maximum atomic E-state index is 12.2. The van der Waals surface area contributed by atoms with Crippen LogP contribution in [0.5, 0.6) is 0 Å². The maximum absolute atomic E-state index is 12.2. The number of rotatable bonds is 7. The second-order valence-electron chi connectivity index (χ2n) is 6.31. The van der Waals surface area contributed by atoms with Gasteiger partial charge in [0, 0.05) is 6.04 Å². The third-order valence-electron chi connectivity index (χ3n) is 4.08. The Kier molecular flexibility index (Phi) is 6.55. The first-order chi connectivity index (χ1) is 11.8. The van der Waals surface area contributed by atoms with Crippen LogP contribution in [-0.4, -0.2) is 39.0 Å². The molecule has 0 aromatic heterocycles. The molecule has 1 fully saturated rings. The van der Waals surface area contributed by atoms with E-state index in [9.17, 15) is 18.0 Å². The zero-order chi connectivity index (χ0) is 18.4. The first-order valence-corrected chi connectivity index (χ1v) is 9.81. The van der Waals surface area contributed by atoms with E-state index >= 15 is 0 Å². The summed E-state index contributed by atoms with van der Waals surface area (Å²) in [4.78, 5) is 23.7. The van der Waals surface area contributed by atoms with Crippen LogP contribution < -0.4 is 10.0 Å². The highest BCUT2D eigenvalue weighted by Gasteiger charge is 2.24. The molecular weight excluding hydrogens is 344 g/mol. The van der Waals surface area contributed by atoms with Gasteiger partial charge in [0.2, 0.25) is 10.0 Å². The Morgan fingerprint density at radius 2 is 1.80 bits per heavy atom. The van der Waals surface area contributed by atoms with Gasteiger partial charge in [-0.25, -0.2) is 8.42 Å². The number of carbonyl (C=O) groups excluding carboxylic acids is 2. The van der Waals surface area contributed by atoms with Crippen molar-refractivity contribution >= 4 is 21.9 Å². The molecule has 1 amide bonds. The number of hydrogen-bond acceptors (Lipinski definition) is 5. The Balaban J connectivity index is 1.82. The van der Waals surface area contributed by atoms with Crippen molar-refractivity contribution in [3.05, 3.63) is 29.8 Å². The molecular formula is C17H24N2O5S. The van der Waals surface area contributed by atoms with Crippen LogP contribution in [0.15, 0.2) is 29.2 Å². The summed E-state index contributed by atoms with van der Waals surface area (Å²) in [6, 6.07) is 5.32. The summed E-state index contributed by atoms with van der Waals surface area (Å²) < 4.78 is 31.6. The van der Waals surface area contributed by atoms with E-state index in [4.69, 9.17) is 4.74 Å². The number of sulfonamides is 1. The molecule has 1 aromatic carbocycles. The number of nitrogens with one attached hydrogen (secondary N) is 2. The molecule has 8 heteroatoms. The molecule has 0 saturated heterocycles. The topological polar surface area (TPSA) is 102 Å². The van der Waals surface area contributed by atoms with Crippen LogP contribution in [0.3, 0.4) is 0 Å². The van der Waals surface area contributed by atoms with Crippen molar-refractivity contribution in [1.82, 2.24) is 10.0 Å². The SMILES string of the molecule is Cc1ccc(S(=O)(=O)N[C@@H](C)C(=O)OCC(=O)NC2CCCC2)cc1. The molecule has 7 nitrogen and oxygen atoms in total. The van der Waals surface area contributed by atoms with Crippen molar-refractivity contribution in [2.75, 3.05) is 6.61 Å². The summed E-state index contributed by atoms with van der Waals surface area (Å²) in [5.41, 5.74) is 0.930. The molecule has 1 aliphatic rings. The van der Waals surface area contributed by atoms with E-state index in [0.29, 0.717) is 0 Å². The van der Waals surface area contributed by atoms with Crippen molar-refractivity contribution in [2.45, 2.75) is 56.5 Å². The molecule has 0 heterocycles. The van der Waals surface area contributed by atoms with Gasteiger partial charge in [-0.05, 0) is 38.8 Å². The fourth-order valence-electron chi connectivity index (χ4n) is 2.67. The number of carbonyl (C=O) groups is 2. The van der Waals surface area contributed by atoms with Gasteiger partial charge >= 0.3 is 5.97 Å². The van der Waals surface area contributed by atoms with Gasteiger partial charge in [-0.1, -0.05) is 30.5 Å². The summed E-state index contributed by atoms with van der Waals surface area (Å²) >= 11 is 0. The number of aryl methyl sites for hydroxylation is 1. The van der Waals surface area contributed by atoms with Crippen molar-refractivity contribution in [3.63, 3.8) is 0 Å². The molecule has 0 spiro atoms. The lowest BCUT2D eigenvalue weighted by atomic mass is 10.2. The zero-order valence-corrected chi connectivity index (χ0v) is 15.3. The Morgan fingerprint density at radius 1 is 1.20 bits per heavy atom. The summed E-state index contributed by atoms with van der Waals surface area (Å²) in [7, 11) is -3.83. The standard InChI is InChI=1S/C17H24N2O5S/c1-12-7-9-15(10-8-12)25(22,23)19-13(2)17(21)24-11-16(20)18-14-5-3-4-6-14/h7-10,13-14,19H,3-6,11H2,1-2H3,(H,18,20)/t13-/m0/s1. The van der Waals surface area contributed by atoms with Gasteiger partial charge in [-0.2, -0.15) is 4.72 Å². The normalized spacial score (nSPS) is 16.4. The van der Waals surface area contributed by atoms with E-state index in [1.165, 1.54) is 19.1 Å². The average molecular weight is 368 g/mol. The van der Waals surface area contributed by atoms with E-state index in [-0.39, 0.29) is 16.8 Å². The molecule has 0 bridgehead atoms. The van der Waals surface area contributed by atoms with Crippen LogP contribution in [-0.2, 0) is 24.3 Å². The number of ether oxygens (including phenoxy) is 1. The molecule has 1 saturated carbocycles. The quantitative estimate of drug-likeness (QED) is 0.706. The summed E-state index contributed by atoms with van der Waals surface area (Å²) in [5, 5.41) is 2.80. The Morgan fingerprint density at radius 3 is 2.40 bits per heavy atom. The zero-order valence-electron chi connectivity index (χ0n) is 14.4. The molecule has 1 aliphatic carbocycles. The molecule has 138 valence electrons. The summed E-state index contributed by atoms with van der Waals surface area (Å²) in [6.07, 6.45) is 4.05. The monoisotopic (exact) mass is 368 g/mol. The average Bonchev–Trinajstić information content (AvgIpc) is 3.05. The Hall–Kier alpha value is -1.93. The lowest BCUT2D eigenvalue weighted by Gasteiger charge is -2.15. The molecule has 0 radical (unpaired) electrons. The smallest absolute Gasteiger partial charge is 0.324 e. The van der Waals surface area contributed by atoms with Crippen LogP contribution in [0.1, 0.15) is 38.2 Å². The van der Waals surface area contributed by atoms with Crippen molar-refractivity contribution < 1.29 is 22.7 Å². The van der Waals surface area contributed by atoms with Crippen molar-refractivity contribution in [2.24, 2.45) is 0 Å². The minimum Gasteiger partial charge on any atom is -0.454 e. The first kappa shape index (κ1) is 19.4. The predicted octanol–water partition coefficient (Wildman–Crippen LogP) is 1.26. The molecule has 0 aliphatic heterocycles. The van der Waals surface area contributed by atoms with Crippen LogP contribution in [0.25, 0.3) is 0 Å². The van der Waals surface area contributed by atoms with Gasteiger partial charge in [0.05, 0.1) is 4.90 Å². The van der Waals surface area contributed by atoms with Gasteiger partial charge in [0.25, 0.3) is 5.91 Å². The third-order valence-corrected chi connectivity index (χ3v) is 5.64. The maximum Gasteiger partial charge on any atom is 0.324 e. The van der Waals surface area contributed by atoms with E-state index in [0.717, 1.165) is 31.2 Å². The van der Waals surface area contributed by atoms with E-state index < -0.39 is 28.6 Å². The molecule has 25 heavy (non-hydrogen) atoms. The van der Waals surface area contributed by atoms with E-state index in [1.807, 2.05) is 6.92 Å². The summed E-state index contributed by atoms with van der Waals surface area (Å²) in [5.74, 6) is -1.16. The van der Waals surface area contributed by atoms with Crippen molar-refractivity contribution in [3.8, 4) is 0 Å². The molecule has 2 N–H and O–H groups in total. The highest BCUT2D eigenvalue weighted by Crippen LogP contribution is 2.17. The molecule has 0 unspecified atom stereocenters.